The average molecular weight is 240 g/mol. The Morgan fingerprint density at radius 3 is 2.88 bits per heavy atom. The molecular weight excluding hydrogens is 230 g/mol. The summed E-state index contributed by atoms with van der Waals surface area (Å²) in [6.45, 7) is 2.03. The highest BCUT2D eigenvalue weighted by molar-refractivity contribution is 6.28. The number of rotatable bonds is 3. The van der Waals surface area contributed by atoms with E-state index in [0.717, 1.165) is 0 Å². The summed E-state index contributed by atoms with van der Waals surface area (Å²) in [5.74, 6) is 0.476. The number of aromatic nitrogens is 4. The first-order chi connectivity index (χ1) is 7.66. The maximum Gasteiger partial charge on any atom is 0.226 e. The molecule has 84 valence electrons. The first-order valence-electron chi connectivity index (χ1n) is 4.73. The van der Waals surface area contributed by atoms with Crippen molar-refractivity contribution in [2.45, 2.75) is 13.0 Å². The zero-order chi connectivity index (χ0) is 11.5. The zero-order valence-electron chi connectivity index (χ0n) is 8.55. The van der Waals surface area contributed by atoms with Crippen LogP contribution in [0.3, 0.4) is 0 Å². The Hall–Kier alpha value is -1.53. The van der Waals surface area contributed by atoms with Gasteiger partial charge in [0.05, 0.1) is 6.10 Å². The second-order valence-corrected chi connectivity index (χ2v) is 3.64. The maximum absolute atomic E-state index is 9.18. The largest absolute Gasteiger partial charge is 0.392 e. The van der Waals surface area contributed by atoms with Gasteiger partial charge in [0.2, 0.25) is 5.28 Å². The van der Waals surface area contributed by atoms with Crippen molar-refractivity contribution >= 4 is 28.6 Å². The number of hydrogen-bond acceptors (Lipinski definition) is 6. The minimum absolute atomic E-state index is 0.0982. The molecule has 2 rings (SSSR count). The number of halogens is 1. The third kappa shape index (κ3) is 2.34. The zero-order valence-corrected chi connectivity index (χ0v) is 9.31. The predicted molar refractivity (Wildman–Crippen MR) is 60.3 cm³/mol. The number of anilines is 1. The van der Waals surface area contributed by atoms with Gasteiger partial charge in [-0.1, -0.05) is 0 Å². The van der Waals surface area contributed by atoms with E-state index in [-0.39, 0.29) is 5.28 Å². The van der Waals surface area contributed by atoms with Crippen LogP contribution in [0.1, 0.15) is 6.92 Å². The first-order valence-corrected chi connectivity index (χ1v) is 5.11. The molecule has 0 radical (unpaired) electrons. The molecule has 0 aromatic carbocycles. The van der Waals surface area contributed by atoms with Crippen LogP contribution < -0.4 is 5.32 Å². The summed E-state index contributed by atoms with van der Waals surface area (Å²) < 4.78 is 0. The van der Waals surface area contributed by atoms with Crippen LogP contribution in [-0.2, 0) is 0 Å². The van der Waals surface area contributed by atoms with Gasteiger partial charge in [-0.3, -0.25) is 0 Å². The van der Waals surface area contributed by atoms with Gasteiger partial charge in [0.1, 0.15) is 0 Å². The van der Waals surface area contributed by atoms with Crippen LogP contribution in [-0.4, -0.2) is 37.7 Å². The van der Waals surface area contributed by atoms with Gasteiger partial charge in [-0.2, -0.15) is 9.97 Å². The van der Waals surface area contributed by atoms with Gasteiger partial charge in [0.15, 0.2) is 17.0 Å². The van der Waals surface area contributed by atoms with E-state index < -0.39 is 6.10 Å². The van der Waals surface area contributed by atoms with Gasteiger partial charge in [-0.05, 0) is 18.5 Å². The highest BCUT2D eigenvalue weighted by atomic mass is 35.5. The molecule has 0 fully saturated rings. The molecule has 2 heterocycles. The van der Waals surface area contributed by atoms with Crippen molar-refractivity contribution in [1.29, 1.82) is 0 Å². The molecular formula is C9H10ClN5O. The predicted octanol–water partition coefficient (Wildman–Crippen LogP) is 0.866. The van der Waals surface area contributed by atoms with Crippen molar-refractivity contribution in [3.8, 4) is 0 Å². The Morgan fingerprint density at radius 2 is 2.12 bits per heavy atom. The molecule has 0 aliphatic rings. The van der Waals surface area contributed by atoms with Gasteiger partial charge in [-0.25, -0.2) is 9.97 Å². The molecule has 0 saturated heterocycles. The van der Waals surface area contributed by atoms with E-state index in [1.807, 2.05) is 0 Å². The molecule has 0 aliphatic carbocycles. The molecule has 1 atom stereocenters. The van der Waals surface area contributed by atoms with Crippen LogP contribution in [0.5, 0.6) is 0 Å². The molecule has 0 aliphatic heterocycles. The third-order valence-corrected chi connectivity index (χ3v) is 2.04. The minimum Gasteiger partial charge on any atom is -0.392 e. The van der Waals surface area contributed by atoms with Crippen LogP contribution in [0.2, 0.25) is 5.28 Å². The van der Waals surface area contributed by atoms with Crippen molar-refractivity contribution in [2.75, 3.05) is 11.9 Å². The van der Waals surface area contributed by atoms with Gasteiger partial charge in [-0.15, -0.1) is 0 Å². The number of aliphatic hydroxyl groups is 1. The van der Waals surface area contributed by atoms with Crippen LogP contribution in [0.4, 0.5) is 5.82 Å². The van der Waals surface area contributed by atoms with E-state index in [1.54, 1.807) is 13.1 Å². The van der Waals surface area contributed by atoms with Gasteiger partial charge in [0, 0.05) is 18.9 Å². The molecule has 0 spiro atoms. The number of nitrogens with zero attached hydrogens (tertiary/aromatic N) is 4. The number of nitrogens with one attached hydrogen (secondary N) is 1. The first kappa shape index (κ1) is 11.0. The van der Waals surface area contributed by atoms with Crippen LogP contribution >= 0.6 is 11.6 Å². The van der Waals surface area contributed by atoms with E-state index in [9.17, 15) is 5.11 Å². The fourth-order valence-electron chi connectivity index (χ4n) is 1.20. The monoisotopic (exact) mass is 239 g/mol. The third-order valence-electron chi connectivity index (χ3n) is 1.87. The van der Waals surface area contributed by atoms with Gasteiger partial charge >= 0.3 is 0 Å². The lowest BCUT2D eigenvalue weighted by atomic mass is 10.4. The minimum atomic E-state index is -0.486. The average Bonchev–Trinajstić information content (AvgIpc) is 2.25. The summed E-state index contributed by atoms with van der Waals surface area (Å²) in [5.41, 5.74) is 0.961. The fraction of sp³-hybridized carbons (Fsp3) is 0.333. The summed E-state index contributed by atoms with van der Waals surface area (Å²) in [4.78, 5) is 16.1. The number of aliphatic hydroxyl groups excluding tert-OH is 1. The standard InChI is InChI=1S/C9H10ClN5O/c1-5(16)4-13-8-6-7(12-3-2-11-6)14-9(10)15-8/h2-3,5,16H,4H2,1H3,(H,12,13,14,15). The van der Waals surface area contributed by atoms with Crippen LogP contribution in [0, 0.1) is 0 Å². The molecule has 2 N–H and O–H groups in total. The Morgan fingerprint density at radius 1 is 1.38 bits per heavy atom. The van der Waals surface area contributed by atoms with Crippen molar-refractivity contribution in [1.82, 2.24) is 19.9 Å². The number of hydrogen-bond donors (Lipinski definition) is 2. The van der Waals surface area contributed by atoms with E-state index in [0.29, 0.717) is 23.5 Å². The van der Waals surface area contributed by atoms with Crippen molar-refractivity contribution in [2.24, 2.45) is 0 Å². The summed E-state index contributed by atoms with van der Waals surface area (Å²) in [5, 5.41) is 12.2. The Balaban J connectivity index is 2.42. The summed E-state index contributed by atoms with van der Waals surface area (Å²) in [7, 11) is 0. The molecule has 0 bridgehead atoms. The molecule has 0 saturated carbocycles. The van der Waals surface area contributed by atoms with Crippen LogP contribution in [0.15, 0.2) is 12.4 Å². The molecule has 2 aromatic heterocycles. The lowest BCUT2D eigenvalue weighted by molar-refractivity contribution is 0.208. The molecule has 16 heavy (non-hydrogen) atoms. The van der Waals surface area contributed by atoms with E-state index in [4.69, 9.17) is 11.6 Å². The summed E-state index contributed by atoms with van der Waals surface area (Å²) in [6.07, 6.45) is 2.59. The Bertz CT molecular complexity index is 504. The normalized spacial score (nSPS) is 12.7. The Labute approximate surface area is 96.7 Å². The molecule has 2 aromatic rings. The van der Waals surface area contributed by atoms with Crippen molar-refractivity contribution in [3.63, 3.8) is 0 Å². The molecule has 7 heteroatoms. The maximum atomic E-state index is 9.18. The summed E-state index contributed by atoms with van der Waals surface area (Å²) >= 11 is 5.75. The second kappa shape index (κ2) is 4.54. The van der Waals surface area contributed by atoms with Gasteiger partial charge < -0.3 is 10.4 Å². The van der Waals surface area contributed by atoms with Crippen molar-refractivity contribution < 1.29 is 5.11 Å². The van der Waals surface area contributed by atoms with Crippen LogP contribution in [0.25, 0.3) is 11.2 Å². The highest BCUT2D eigenvalue weighted by Crippen LogP contribution is 2.17. The lowest BCUT2D eigenvalue weighted by Crippen LogP contribution is -2.16. The van der Waals surface area contributed by atoms with E-state index in [1.165, 1.54) is 6.20 Å². The SMILES string of the molecule is CC(O)CNc1nc(Cl)nc2nccnc12. The fourth-order valence-corrected chi connectivity index (χ4v) is 1.37. The molecule has 1 unspecified atom stereocenters. The Kier molecular flexibility index (Phi) is 3.12. The second-order valence-electron chi connectivity index (χ2n) is 3.30. The van der Waals surface area contributed by atoms with Crippen molar-refractivity contribution in [3.05, 3.63) is 17.7 Å². The molecule has 0 amide bonds. The topological polar surface area (TPSA) is 83.8 Å². The van der Waals surface area contributed by atoms with E-state index in [2.05, 4.69) is 25.3 Å². The summed E-state index contributed by atoms with van der Waals surface area (Å²) in [6, 6.07) is 0. The number of fused-ring (bicyclic) bond motifs is 1. The van der Waals surface area contributed by atoms with E-state index >= 15 is 0 Å². The smallest absolute Gasteiger partial charge is 0.226 e. The van der Waals surface area contributed by atoms with Gasteiger partial charge in [0.25, 0.3) is 0 Å². The quantitative estimate of drug-likeness (QED) is 0.773. The highest BCUT2D eigenvalue weighted by Gasteiger charge is 2.08. The molecule has 6 nitrogen and oxygen atoms in total. The lowest BCUT2D eigenvalue weighted by Gasteiger charge is -2.08.